The van der Waals surface area contributed by atoms with Crippen LogP contribution in [0.1, 0.15) is 46.5 Å². The second-order valence-corrected chi connectivity index (χ2v) is 5.14. The molecule has 0 saturated carbocycles. The van der Waals surface area contributed by atoms with Crippen molar-refractivity contribution in [1.82, 2.24) is 0 Å². The Morgan fingerprint density at radius 2 is 1.72 bits per heavy atom. The average Bonchev–Trinajstić information content (AvgIpc) is 2.28. The second kappa shape index (κ2) is 12.2. The molecule has 0 spiro atoms. The number of hydrogen-bond acceptors (Lipinski definition) is 4. The van der Waals surface area contributed by atoms with Crippen molar-refractivity contribution in [2.24, 2.45) is 0 Å². The van der Waals surface area contributed by atoms with Gasteiger partial charge in [-0.1, -0.05) is 19.8 Å². The van der Waals surface area contributed by atoms with Gasteiger partial charge in [0.2, 0.25) is 0 Å². The third-order valence-electron chi connectivity index (χ3n) is 2.06. The Labute approximate surface area is 121 Å². The Morgan fingerprint density at radius 1 is 1.17 bits per heavy atom. The molecule has 0 rings (SSSR count). The predicted octanol–water partition coefficient (Wildman–Crippen LogP) is 3.72. The van der Waals surface area contributed by atoms with Gasteiger partial charge in [-0.05, 0) is 26.7 Å². The van der Waals surface area contributed by atoms with Crippen molar-refractivity contribution in [3.05, 3.63) is 6.42 Å². The smallest absolute Gasteiger partial charge is 0.691 e. The van der Waals surface area contributed by atoms with E-state index >= 15 is 0 Å². The van der Waals surface area contributed by atoms with Crippen LogP contribution in [0.3, 0.4) is 0 Å². The topological polar surface area (TPSA) is 44.8 Å². The zero-order valence-corrected chi connectivity index (χ0v) is 13.0. The number of phosphoric acid groups is 1. The van der Waals surface area contributed by atoms with Crippen LogP contribution in [0.15, 0.2) is 0 Å². The van der Waals surface area contributed by atoms with Crippen molar-refractivity contribution in [3.63, 3.8) is 0 Å². The van der Waals surface area contributed by atoms with Gasteiger partial charge < -0.3 is 12.3 Å². The zero-order valence-electron chi connectivity index (χ0n) is 11.2. The van der Waals surface area contributed by atoms with Crippen molar-refractivity contribution in [3.8, 4) is 5.92 Å². The summed E-state index contributed by atoms with van der Waals surface area (Å²) in [5.74, 6) is 2.23. The molecule has 18 heavy (non-hydrogen) atoms. The van der Waals surface area contributed by atoms with Crippen molar-refractivity contribution < 1.29 is 35.2 Å². The molecule has 0 aliphatic carbocycles. The molecule has 1 unspecified atom stereocenters. The zero-order chi connectivity index (χ0) is 13.1. The maximum absolute atomic E-state index is 12.0. The van der Waals surface area contributed by atoms with E-state index in [0.29, 0.717) is 6.42 Å². The second-order valence-electron chi connectivity index (χ2n) is 3.52. The van der Waals surface area contributed by atoms with E-state index in [9.17, 15) is 4.57 Å². The monoisotopic (exact) mass is 324 g/mol. The molecule has 6 heteroatoms. The summed E-state index contributed by atoms with van der Waals surface area (Å²) >= 11 is 0. The fourth-order valence-electron chi connectivity index (χ4n) is 1.30. The molecule has 0 aromatic rings. The van der Waals surface area contributed by atoms with E-state index in [-0.39, 0.29) is 30.3 Å². The molecule has 0 aromatic heterocycles. The van der Waals surface area contributed by atoms with E-state index < -0.39 is 13.9 Å². The van der Waals surface area contributed by atoms with Gasteiger partial charge in [-0.25, -0.2) is 4.57 Å². The van der Waals surface area contributed by atoms with E-state index in [1.165, 1.54) is 0 Å². The van der Waals surface area contributed by atoms with E-state index in [1.807, 2.05) is 0 Å². The molecule has 0 amide bonds. The maximum atomic E-state index is 12.0. The third kappa shape index (κ3) is 9.16. The SMILES string of the molecule is [C-]#CC(CCCCC)OP(=O)(OCC)OCC.[Cu+]. The van der Waals surface area contributed by atoms with Gasteiger partial charge in [0.15, 0.2) is 0 Å². The van der Waals surface area contributed by atoms with Crippen LogP contribution in [0, 0.1) is 12.3 Å². The first-order valence-corrected chi connectivity index (χ1v) is 7.57. The van der Waals surface area contributed by atoms with E-state index in [2.05, 4.69) is 12.8 Å². The fraction of sp³-hybridized carbons (Fsp3) is 0.833. The minimum absolute atomic E-state index is 0. The van der Waals surface area contributed by atoms with Crippen LogP contribution >= 0.6 is 7.82 Å². The Bertz CT molecular complexity index is 268. The number of phosphoric ester groups is 1. The summed E-state index contributed by atoms with van der Waals surface area (Å²) in [5.41, 5.74) is 0. The molecule has 0 aromatic carbocycles. The first-order valence-electron chi connectivity index (χ1n) is 6.11. The first kappa shape index (κ1) is 20.5. The summed E-state index contributed by atoms with van der Waals surface area (Å²) in [6.45, 7) is 6.02. The van der Waals surface area contributed by atoms with E-state index in [1.54, 1.807) is 13.8 Å². The van der Waals surface area contributed by atoms with Gasteiger partial charge in [-0.2, -0.15) is 0 Å². The average molecular weight is 325 g/mol. The van der Waals surface area contributed by atoms with Gasteiger partial charge in [0.1, 0.15) is 0 Å². The third-order valence-corrected chi connectivity index (χ3v) is 3.72. The van der Waals surface area contributed by atoms with E-state index in [4.69, 9.17) is 20.0 Å². The summed E-state index contributed by atoms with van der Waals surface area (Å²) in [6.07, 6.45) is 10.2. The standard InChI is InChI=1S/C12H22O4P.Cu/c1-5-9-10-11-12(6-2)16-17(13,14-7-3)15-8-4;/h12H,5,7-11H2,1,3-4H3;/q-1;+1. The summed E-state index contributed by atoms with van der Waals surface area (Å²) in [5, 5.41) is 0. The Kier molecular flexibility index (Phi) is 13.9. The number of unbranched alkanes of at least 4 members (excludes halogenated alkanes) is 2. The molecule has 0 bridgehead atoms. The molecule has 0 saturated heterocycles. The molecular formula is C12H22CuO4P. The maximum Gasteiger partial charge on any atom is 1.00 e. The molecule has 0 fully saturated rings. The summed E-state index contributed by atoms with van der Waals surface area (Å²) in [7, 11) is -3.52. The van der Waals surface area contributed by atoms with Gasteiger partial charge in [-0.3, -0.25) is 13.6 Å². The number of rotatable bonds is 10. The molecule has 0 aliphatic rings. The van der Waals surface area contributed by atoms with Gasteiger partial charge in [0.25, 0.3) is 0 Å². The largest absolute Gasteiger partial charge is 1.00 e. The van der Waals surface area contributed by atoms with Crippen LogP contribution in [0.2, 0.25) is 0 Å². The van der Waals surface area contributed by atoms with Crippen LogP contribution in [0.4, 0.5) is 0 Å². The van der Waals surface area contributed by atoms with Gasteiger partial charge in [-0.15, -0.1) is 0 Å². The predicted molar refractivity (Wildman–Crippen MR) is 67.0 cm³/mol. The molecule has 110 valence electrons. The van der Waals surface area contributed by atoms with Gasteiger partial charge >= 0.3 is 24.9 Å². The summed E-state index contributed by atoms with van der Waals surface area (Å²) in [4.78, 5) is 0. The molecule has 4 nitrogen and oxygen atoms in total. The van der Waals surface area contributed by atoms with Crippen LogP contribution in [0.5, 0.6) is 0 Å². The van der Waals surface area contributed by atoms with E-state index in [0.717, 1.165) is 19.3 Å². The molecular weight excluding hydrogens is 303 g/mol. The molecule has 0 heterocycles. The van der Waals surface area contributed by atoms with Crippen molar-refractivity contribution in [1.29, 1.82) is 0 Å². The van der Waals surface area contributed by atoms with Crippen LogP contribution in [-0.4, -0.2) is 19.3 Å². The number of hydrogen-bond donors (Lipinski definition) is 0. The molecule has 0 radical (unpaired) electrons. The van der Waals surface area contributed by atoms with Crippen LogP contribution < -0.4 is 0 Å². The fourth-order valence-corrected chi connectivity index (χ4v) is 2.60. The van der Waals surface area contributed by atoms with Crippen molar-refractivity contribution in [2.45, 2.75) is 52.6 Å². The van der Waals surface area contributed by atoms with Crippen LogP contribution in [-0.2, 0) is 35.2 Å². The Balaban J connectivity index is 0. The molecule has 1 atom stereocenters. The first-order chi connectivity index (χ1) is 8.11. The summed E-state index contributed by atoms with van der Waals surface area (Å²) < 4.78 is 27.2. The molecule has 0 N–H and O–H groups in total. The van der Waals surface area contributed by atoms with Crippen molar-refractivity contribution in [2.75, 3.05) is 13.2 Å². The normalized spacial score (nSPS) is 12.6. The Hall–Kier alpha value is 0.189. The Morgan fingerprint density at radius 3 is 2.11 bits per heavy atom. The molecule has 0 aliphatic heterocycles. The minimum atomic E-state index is -3.52. The van der Waals surface area contributed by atoms with Gasteiger partial charge in [0, 0.05) is 0 Å². The van der Waals surface area contributed by atoms with Gasteiger partial charge in [0.05, 0.1) is 19.3 Å². The minimum Gasteiger partial charge on any atom is -0.691 e. The summed E-state index contributed by atoms with van der Waals surface area (Å²) in [6, 6.07) is 0. The van der Waals surface area contributed by atoms with Crippen molar-refractivity contribution >= 4 is 7.82 Å². The quantitative estimate of drug-likeness (QED) is 0.202. The van der Waals surface area contributed by atoms with Crippen LogP contribution in [0.25, 0.3) is 0 Å².